The van der Waals surface area contributed by atoms with Gasteiger partial charge in [-0.25, -0.2) is 0 Å². The average Bonchev–Trinajstić information content (AvgIpc) is 2.13. The van der Waals surface area contributed by atoms with E-state index >= 15 is 0 Å². The topological polar surface area (TPSA) is 201 Å². The van der Waals surface area contributed by atoms with Gasteiger partial charge in [-0.05, 0) is 0 Å². The van der Waals surface area contributed by atoms with Gasteiger partial charge < -0.3 is 34.7 Å². The van der Waals surface area contributed by atoms with E-state index < -0.39 is 23.9 Å². The smallest absolute Gasteiger partial charge is 1.00 e. The Labute approximate surface area is 193 Å². The number of hydrogen-bond acceptors (Lipinski definition) is 6. The van der Waals surface area contributed by atoms with E-state index in [9.17, 15) is 0 Å². The van der Waals surface area contributed by atoms with Gasteiger partial charge in [0.05, 0.1) is 0 Å². The van der Waals surface area contributed by atoms with Crippen molar-refractivity contribution in [2.75, 3.05) is 13.1 Å². The summed E-state index contributed by atoms with van der Waals surface area (Å²) in [4.78, 5) is 36.0. The summed E-state index contributed by atoms with van der Waals surface area (Å²) in [7, 11) is 0. The molecule has 0 atom stereocenters. The van der Waals surface area contributed by atoms with Crippen LogP contribution in [0.25, 0.3) is 0 Å². The zero-order valence-electron chi connectivity index (χ0n) is 16.3. The first-order chi connectivity index (χ1) is 8.84. The third kappa shape index (κ3) is 5290. The van der Waals surface area contributed by atoms with Crippen molar-refractivity contribution in [1.29, 1.82) is 0 Å². The SMILES string of the molecule is CC(=O)O.CC(=O)O.CC(=O)O.CC(=O)O.NCCN.[Cu].[H-].[H-].[Na+].[Na+]. The summed E-state index contributed by atoms with van der Waals surface area (Å²) in [6.07, 6.45) is 0. The van der Waals surface area contributed by atoms with Crippen LogP contribution in [-0.4, -0.2) is 57.4 Å². The second-order valence-electron chi connectivity index (χ2n) is 2.65. The number of hydrogen-bond donors (Lipinski definition) is 6. The zero-order valence-corrected chi connectivity index (χ0v) is 19.2. The molecule has 13 heteroatoms. The predicted molar refractivity (Wildman–Crippen MR) is 73.6 cm³/mol. The molecule has 0 rings (SSSR count). The molecule has 23 heavy (non-hydrogen) atoms. The van der Waals surface area contributed by atoms with Crippen molar-refractivity contribution in [3.63, 3.8) is 0 Å². The molecule has 0 aliphatic rings. The second-order valence-corrected chi connectivity index (χ2v) is 2.65. The van der Waals surface area contributed by atoms with E-state index in [2.05, 4.69) is 0 Å². The molecule has 0 aliphatic heterocycles. The molecule has 0 aromatic carbocycles. The molecule has 0 unspecified atom stereocenters. The first-order valence-corrected chi connectivity index (χ1v) is 5.03. The summed E-state index contributed by atoms with van der Waals surface area (Å²) in [5, 5.41) is 29.7. The van der Waals surface area contributed by atoms with Gasteiger partial charge in [-0.2, -0.15) is 0 Å². The molecule has 0 aromatic heterocycles. The molecule has 1 radical (unpaired) electrons. The van der Waals surface area contributed by atoms with Crippen LogP contribution in [0, 0.1) is 0 Å². The number of aliphatic carboxylic acids is 4. The standard InChI is InChI=1S/C2H8N2.4C2H4O2.Cu.2Na.2H/c3-1-2-4;4*1-2(3)4;;;;;/h1-4H2;4*1H3,(H,3,4);;;;;/q;;;;;;2*+1;2*-1. The molecule has 0 fully saturated rings. The third-order valence-electron chi connectivity index (χ3n) is 0.167. The van der Waals surface area contributed by atoms with E-state index in [4.69, 9.17) is 51.1 Å². The molecule has 0 spiro atoms. The minimum Gasteiger partial charge on any atom is -1.00 e. The van der Waals surface area contributed by atoms with E-state index in [1.807, 2.05) is 0 Å². The Hall–Kier alpha value is 0.319. The van der Waals surface area contributed by atoms with Gasteiger partial charge in [-0.1, -0.05) is 0 Å². The first-order valence-electron chi connectivity index (χ1n) is 5.03. The van der Waals surface area contributed by atoms with Crippen LogP contribution in [0.1, 0.15) is 30.5 Å². The van der Waals surface area contributed by atoms with Gasteiger partial charge in [0, 0.05) is 57.9 Å². The van der Waals surface area contributed by atoms with Crippen LogP contribution in [0.15, 0.2) is 0 Å². The van der Waals surface area contributed by atoms with Crippen LogP contribution < -0.4 is 70.6 Å². The third-order valence-corrected chi connectivity index (χ3v) is 0.167. The van der Waals surface area contributed by atoms with Crippen LogP contribution >= 0.6 is 0 Å². The van der Waals surface area contributed by atoms with Crippen molar-refractivity contribution < 1.29 is 119 Å². The predicted octanol–water partition coefficient (Wildman–Crippen LogP) is -6.50. The number of rotatable bonds is 1. The summed E-state index contributed by atoms with van der Waals surface area (Å²) in [5.41, 5.74) is 9.81. The Morgan fingerprint density at radius 3 is 0.696 bits per heavy atom. The maximum Gasteiger partial charge on any atom is 1.00 e. The van der Waals surface area contributed by atoms with E-state index in [1.54, 1.807) is 0 Å². The first kappa shape index (κ1) is 49.5. The number of carboxylic acid groups (broad SMARTS) is 4. The normalized spacial score (nSPS) is 5.65. The quantitative estimate of drug-likeness (QED) is 0.225. The monoisotopic (exact) mass is 411 g/mol. The molecular formula is C10H26CuN2Na2O8. The Balaban J connectivity index is -0.0000000134. The molecule has 0 aromatic rings. The van der Waals surface area contributed by atoms with Gasteiger partial charge in [-0.3, -0.25) is 19.2 Å². The van der Waals surface area contributed by atoms with Gasteiger partial charge in [0.15, 0.2) is 0 Å². The van der Waals surface area contributed by atoms with Gasteiger partial charge >= 0.3 is 59.1 Å². The maximum absolute atomic E-state index is 9.00. The molecule has 0 aliphatic carbocycles. The van der Waals surface area contributed by atoms with Gasteiger partial charge in [-0.15, -0.1) is 0 Å². The van der Waals surface area contributed by atoms with Gasteiger partial charge in [0.25, 0.3) is 23.9 Å². The fourth-order valence-electron chi connectivity index (χ4n) is 0. The molecule has 0 amide bonds. The minimum atomic E-state index is -0.833. The van der Waals surface area contributed by atoms with E-state index in [1.165, 1.54) is 0 Å². The Kier molecular flexibility index (Phi) is 106. The van der Waals surface area contributed by atoms with Crippen molar-refractivity contribution in [3.8, 4) is 0 Å². The van der Waals surface area contributed by atoms with Crippen molar-refractivity contribution in [3.05, 3.63) is 0 Å². The van der Waals surface area contributed by atoms with Crippen LogP contribution in [0.4, 0.5) is 0 Å². The van der Waals surface area contributed by atoms with Crippen molar-refractivity contribution in [2.24, 2.45) is 11.5 Å². The summed E-state index contributed by atoms with van der Waals surface area (Å²) in [6, 6.07) is 0. The molecule has 0 heterocycles. The van der Waals surface area contributed by atoms with E-state index in [0.717, 1.165) is 27.7 Å². The number of carbonyl (C=O) groups is 4. The summed E-state index contributed by atoms with van der Waals surface area (Å²) in [5.74, 6) is -3.33. The fourth-order valence-corrected chi connectivity index (χ4v) is 0. The average molecular weight is 412 g/mol. The zero-order chi connectivity index (χ0) is 17.7. The molecule has 137 valence electrons. The molecule has 8 N–H and O–H groups in total. The molecule has 0 saturated carbocycles. The van der Waals surface area contributed by atoms with E-state index in [0.29, 0.717) is 13.1 Å². The Bertz CT molecular complexity index is 215. The molecule has 0 saturated heterocycles. The maximum atomic E-state index is 9.00. The Morgan fingerprint density at radius 1 is 0.652 bits per heavy atom. The fraction of sp³-hybridized carbons (Fsp3) is 0.600. The van der Waals surface area contributed by atoms with Crippen LogP contribution in [0.2, 0.25) is 0 Å². The van der Waals surface area contributed by atoms with E-state index in [-0.39, 0.29) is 79.0 Å². The minimum absolute atomic E-state index is 0. The van der Waals surface area contributed by atoms with Crippen molar-refractivity contribution in [2.45, 2.75) is 27.7 Å². The van der Waals surface area contributed by atoms with Crippen LogP contribution in [-0.2, 0) is 36.2 Å². The number of nitrogens with two attached hydrogens (primary N) is 2. The van der Waals surface area contributed by atoms with Crippen molar-refractivity contribution in [1.82, 2.24) is 0 Å². The van der Waals surface area contributed by atoms with Crippen LogP contribution in [0.5, 0.6) is 0 Å². The number of carboxylic acids is 4. The summed E-state index contributed by atoms with van der Waals surface area (Å²) in [6.45, 7) is 5.53. The van der Waals surface area contributed by atoms with Gasteiger partial charge in [0.2, 0.25) is 0 Å². The van der Waals surface area contributed by atoms with Crippen LogP contribution in [0.3, 0.4) is 0 Å². The Morgan fingerprint density at radius 2 is 0.696 bits per heavy atom. The van der Waals surface area contributed by atoms with Gasteiger partial charge in [0.1, 0.15) is 0 Å². The summed E-state index contributed by atoms with van der Waals surface area (Å²) < 4.78 is 0. The largest absolute Gasteiger partial charge is 1.00 e. The molecule has 10 nitrogen and oxygen atoms in total. The second kappa shape index (κ2) is 49.5. The summed E-state index contributed by atoms with van der Waals surface area (Å²) >= 11 is 0. The molecular weight excluding hydrogens is 386 g/mol. The molecule has 0 bridgehead atoms. The van der Waals surface area contributed by atoms with Crippen molar-refractivity contribution >= 4 is 23.9 Å².